The second-order valence-corrected chi connectivity index (χ2v) is 5.77. The second kappa shape index (κ2) is 13.5. The van der Waals surface area contributed by atoms with Crippen LogP contribution in [0.3, 0.4) is 0 Å². The molecule has 0 aliphatic heterocycles. The first kappa shape index (κ1) is 27.3. The van der Waals surface area contributed by atoms with Crippen molar-refractivity contribution in [3.8, 4) is 0 Å². The van der Waals surface area contributed by atoms with Crippen molar-refractivity contribution in [2.75, 3.05) is 13.2 Å². The molecule has 1 aromatic rings. The molecule has 0 spiro atoms. The second-order valence-electron chi connectivity index (χ2n) is 5.77. The summed E-state index contributed by atoms with van der Waals surface area (Å²) in [4.78, 5) is 44.0. The number of carbonyl (C=O) groups is 4. The molecule has 0 aliphatic carbocycles. The first-order chi connectivity index (χ1) is 14.4. The van der Waals surface area contributed by atoms with Crippen molar-refractivity contribution in [1.82, 2.24) is 10.6 Å². The van der Waals surface area contributed by atoms with Crippen molar-refractivity contribution in [2.45, 2.75) is 19.1 Å². The van der Waals surface area contributed by atoms with Gasteiger partial charge in [0.1, 0.15) is 24.3 Å². The number of hydrogen-bond acceptors (Lipinski definition) is 6. The largest absolute Gasteiger partial charge is 0.542 e. The lowest BCUT2D eigenvalue weighted by molar-refractivity contribution is -0.400. The van der Waals surface area contributed by atoms with Crippen LogP contribution in [0, 0.1) is 0 Å². The van der Waals surface area contributed by atoms with Gasteiger partial charge in [0, 0.05) is 18.6 Å². The molecule has 0 bridgehead atoms. The molecule has 0 saturated heterocycles. The Balaban J connectivity index is 0.00000110. The number of nitrogens with one attached hydrogen (secondary N) is 2. The van der Waals surface area contributed by atoms with Crippen molar-refractivity contribution in [3.63, 3.8) is 0 Å². The Bertz CT molecular complexity index is 810. The molecule has 0 fully saturated rings. The summed E-state index contributed by atoms with van der Waals surface area (Å²) in [5.74, 6) is -4.35. The molecule has 5 N–H and O–H groups in total. The molecule has 0 radical (unpaired) electrons. The topological polar surface area (TPSA) is 152 Å². The third-order valence-corrected chi connectivity index (χ3v) is 3.08. The number of carboxylic acids is 1. The Morgan fingerprint density at radius 1 is 1.23 bits per heavy atom. The van der Waals surface area contributed by atoms with E-state index in [-0.39, 0.29) is 24.8 Å². The van der Waals surface area contributed by atoms with Crippen LogP contribution in [0.25, 0.3) is 0 Å². The zero-order valence-electron chi connectivity index (χ0n) is 16.5. The van der Waals surface area contributed by atoms with Gasteiger partial charge >= 0.3 is 12.1 Å². The van der Waals surface area contributed by atoms with E-state index in [9.17, 15) is 27.6 Å². The minimum absolute atomic E-state index is 0.0187. The zero-order chi connectivity index (χ0) is 24.0. The fourth-order valence-electron chi connectivity index (χ4n) is 1.73. The Hall–Kier alpha value is -3.67. The molecule has 1 aromatic carbocycles. The number of hydrogen-bond donors (Lipinski definition) is 3. The van der Waals surface area contributed by atoms with Gasteiger partial charge in [-0.15, -0.1) is 0 Å². The number of carbonyl (C=O) groups excluding carboxylic acids is 4. The summed E-state index contributed by atoms with van der Waals surface area (Å²) in [5, 5.41) is 13.9. The van der Waals surface area contributed by atoms with Gasteiger partial charge in [-0.3, -0.25) is 9.59 Å². The highest BCUT2D eigenvalue weighted by Crippen LogP contribution is 2.11. The number of rotatable bonds is 8. The standard InChI is InChI=1S/C17H21N3O4.C2HF3O2/c1-3-9-24-17(23)15(10-14(18)11-19-12(2)21)20-16(22)13-7-5-4-6-8-13;3-2(4,5)1(6)7/h3-8,10,14H,1,9,11,18H2,2H3,(H,19,21)(H,20,22);(H,6,7)/b15-10-;. The van der Waals surface area contributed by atoms with Crippen LogP contribution in [0.2, 0.25) is 0 Å². The molecule has 0 aliphatic rings. The number of amides is 2. The van der Waals surface area contributed by atoms with Crippen LogP contribution in [0.15, 0.2) is 54.8 Å². The Kier molecular flexibility index (Phi) is 11.9. The van der Waals surface area contributed by atoms with E-state index >= 15 is 0 Å². The first-order valence-corrected chi connectivity index (χ1v) is 8.60. The van der Waals surface area contributed by atoms with Gasteiger partial charge < -0.3 is 31.0 Å². The third-order valence-electron chi connectivity index (χ3n) is 3.08. The summed E-state index contributed by atoms with van der Waals surface area (Å²) < 4.78 is 36.5. The molecular weight excluding hydrogens is 423 g/mol. The summed E-state index contributed by atoms with van der Waals surface area (Å²) >= 11 is 0. The van der Waals surface area contributed by atoms with E-state index in [1.54, 1.807) is 30.3 Å². The molecule has 1 atom stereocenters. The molecule has 0 heterocycles. The van der Waals surface area contributed by atoms with Crippen molar-refractivity contribution in [2.24, 2.45) is 0 Å². The average molecular weight is 445 g/mol. The quantitative estimate of drug-likeness (QED) is 0.267. The van der Waals surface area contributed by atoms with Gasteiger partial charge in [0.2, 0.25) is 5.91 Å². The van der Waals surface area contributed by atoms with Gasteiger partial charge in [-0.05, 0) is 12.1 Å². The lowest BCUT2D eigenvalue weighted by atomic mass is 10.2. The summed E-state index contributed by atoms with van der Waals surface area (Å²) in [5.41, 5.74) is 4.20. The highest BCUT2D eigenvalue weighted by Gasteiger charge is 2.28. The number of halogens is 3. The van der Waals surface area contributed by atoms with E-state index in [0.29, 0.717) is 5.56 Å². The summed E-state index contributed by atoms with van der Waals surface area (Å²) in [6.07, 6.45) is -2.32. The van der Waals surface area contributed by atoms with E-state index in [1.807, 2.05) is 0 Å². The molecule has 31 heavy (non-hydrogen) atoms. The number of ether oxygens (including phenoxy) is 1. The van der Waals surface area contributed by atoms with Gasteiger partial charge in [0.05, 0.1) is 6.54 Å². The highest BCUT2D eigenvalue weighted by molar-refractivity contribution is 6.01. The van der Waals surface area contributed by atoms with Crippen LogP contribution in [0.1, 0.15) is 17.3 Å². The molecule has 170 valence electrons. The van der Waals surface area contributed by atoms with Gasteiger partial charge in [0.15, 0.2) is 0 Å². The molecule has 0 saturated carbocycles. The lowest BCUT2D eigenvalue weighted by Crippen LogP contribution is -2.64. The fourth-order valence-corrected chi connectivity index (χ4v) is 1.73. The number of quaternary nitrogens is 1. The van der Waals surface area contributed by atoms with Crippen molar-refractivity contribution in [3.05, 3.63) is 60.3 Å². The monoisotopic (exact) mass is 445 g/mol. The predicted molar refractivity (Wildman–Crippen MR) is 99.6 cm³/mol. The molecular formula is C19H22F3N3O6. The fraction of sp³-hybridized carbons (Fsp3) is 0.263. The number of aliphatic carboxylic acids is 1. The number of benzene rings is 1. The zero-order valence-corrected chi connectivity index (χ0v) is 16.5. The van der Waals surface area contributed by atoms with Crippen molar-refractivity contribution >= 4 is 23.8 Å². The van der Waals surface area contributed by atoms with Crippen LogP contribution in [0.5, 0.6) is 0 Å². The summed E-state index contributed by atoms with van der Waals surface area (Å²) in [6.45, 7) is 5.10. The summed E-state index contributed by atoms with van der Waals surface area (Å²) in [7, 11) is 0. The van der Waals surface area contributed by atoms with E-state index in [0.717, 1.165) is 0 Å². The minimum Gasteiger partial charge on any atom is -0.542 e. The normalized spacial score (nSPS) is 11.8. The van der Waals surface area contributed by atoms with Crippen molar-refractivity contribution in [1.29, 1.82) is 0 Å². The van der Waals surface area contributed by atoms with Gasteiger partial charge in [-0.2, -0.15) is 13.2 Å². The number of alkyl halides is 3. The third kappa shape index (κ3) is 12.5. The Morgan fingerprint density at radius 3 is 2.23 bits per heavy atom. The number of esters is 1. The first-order valence-electron chi connectivity index (χ1n) is 8.60. The van der Waals surface area contributed by atoms with Crippen LogP contribution >= 0.6 is 0 Å². The average Bonchev–Trinajstić information content (AvgIpc) is 2.70. The molecule has 9 nitrogen and oxygen atoms in total. The van der Waals surface area contributed by atoms with Crippen LogP contribution in [-0.4, -0.2) is 49.1 Å². The molecule has 1 unspecified atom stereocenters. The van der Waals surface area contributed by atoms with Gasteiger partial charge in [0.25, 0.3) is 5.91 Å². The van der Waals surface area contributed by atoms with Crippen molar-refractivity contribution < 1.29 is 47.9 Å². The van der Waals surface area contributed by atoms with Crippen LogP contribution < -0.4 is 21.5 Å². The van der Waals surface area contributed by atoms with E-state index < -0.39 is 30.1 Å². The Labute approximate surface area is 175 Å². The highest BCUT2D eigenvalue weighted by atomic mass is 19.4. The maximum atomic E-state index is 12.2. The minimum atomic E-state index is -5.19. The molecule has 0 aromatic heterocycles. The molecule has 2 amide bonds. The molecule has 1 rings (SSSR count). The lowest BCUT2D eigenvalue weighted by Gasteiger charge is -2.11. The van der Waals surface area contributed by atoms with E-state index in [2.05, 4.69) is 22.9 Å². The van der Waals surface area contributed by atoms with E-state index in [4.69, 9.17) is 14.6 Å². The van der Waals surface area contributed by atoms with Gasteiger partial charge in [-0.1, -0.05) is 30.9 Å². The SMILES string of the molecule is C=CCOC(=O)/C(=C/C([NH3+])CNC(C)=O)NC(=O)c1ccccc1.O=C([O-])C(F)(F)F. The maximum absolute atomic E-state index is 12.2. The predicted octanol–water partition coefficient (Wildman–Crippen LogP) is -0.925. The maximum Gasteiger partial charge on any atom is 0.430 e. The summed E-state index contributed by atoms with van der Waals surface area (Å²) in [6, 6.07) is 8.05. The Morgan fingerprint density at radius 2 is 1.77 bits per heavy atom. The smallest absolute Gasteiger partial charge is 0.430 e. The van der Waals surface area contributed by atoms with Crippen LogP contribution in [0.4, 0.5) is 13.2 Å². The van der Waals surface area contributed by atoms with E-state index in [1.165, 1.54) is 19.1 Å². The van der Waals surface area contributed by atoms with Gasteiger partial charge in [-0.25, -0.2) is 4.79 Å². The number of carboxylic acid groups (broad SMARTS) is 1. The molecule has 12 heteroatoms. The van der Waals surface area contributed by atoms with Crippen LogP contribution in [-0.2, 0) is 19.1 Å².